The van der Waals surface area contributed by atoms with Crippen LogP contribution in [-0.4, -0.2) is 10.2 Å². The zero-order chi connectivity index (χ0) is 11.8. The van der Waals surface area contributed by atoms with Crippen LogP contribution in [0.1, 0.15) is 29.0 Å². The van der Waals surface area contributed by atoms with Crippen molar-refractivity contribution in [3.05, 3.63) is 59.2 Å². The van der Waals surface area contributed by atoms with E-state index in [0.717, 1.165) is 12.8 Å². The first-order valence-corrected chi connectivity index (χ1v) is 5.85. The van der Waals surface area contributed by atoms with E-state index < -0.39 is 0 Å². The molecule has 2 N–H and O–H groups in total. The number of phenolic OH excluding ortho intramolecular Hbond substituents is 2. The van der Waals surface area contributed by atoms with E-state index in [1.807, 2.05) is 24.3 Å². The monoisotopic (exact) mass is 226 g/mol. The van der Waals surface area contributed by atoms with Gasteiger partial charge in [-0.05, 0) is 53.8 Å². The maximum atomic E-state index is 9.57. The van der Waals surface area contributed by atoms with Crippen molar-refractivity contribution in [3.8, 4) is 11.5 Å². The van der Waals surface area contributed by atoms with Crippen molar-refractivity contribution < 1.29 is 10.2 Å². The van der Waals surface area contributed by atoms with Gasteiger partial charge < -0.3 is 10.2 Å². The summed E-state index contributed by atoms with van der Waals surface area (Å²) in [6.07, 6.45) is 2.13. The summed E-state index contributed by atoms with van der Waals surface area (Å²) in [7, 11) is 0. The normalized spacial score (nSPS) is 18.0. The van der Waals surface area contributed by atoms with E-state index in [1.165, 1.54) is 16.7 Å². The number of hydrogen-bond donors (Lipinski definition) is 2. The zero-order valence-corrected chi connectivity index (χ0v) is 9.43. The highest BCUT2D eigenvalue weighted by Gasteiger charge is 2.24. The van der Waals surface area contributed by atoms with Gasteiger partial charge in [0, 0.05) is 5.92 Å². The molecule has 1 atom stereocenters. The Hall–Kier alpha value is -1.96. The minimum absolute atomic E-state index is 0.294. The zero-order valence-electron chi connectivity index (χ0n) is 9.43. The number of hydrogen-bond acceptors (Lipinski definition) is 2. The summed E-state index contributed by atoms with van der Waals surface area (Å²) in [6.45, 7) is 0. The van der Waals surface area contributed by atoms with Crippen molar-refractivity contribution in [2.75, 3.05) is 0 Å². The first-order valence-electron chi connectivity index (χ1n) is 5.85. The van der Waals surface area contributed by atoms with Crippen molar-refractivity contribution in [1.82, 2.24) is 0 Å². The molecule has 1 aliphatic carbocycles. The van der Waals surface area contributed by atoms with Crippen LogP contribution in [0.2, 0.25) is 0 Å². The van der Waals surface area contributed by atoms with E-state index in [4.69, 9.17) is 0 Å². The molecule has 0 fully saturated rings. The second-order valence-electron chi connectivity index (χ2n) is 4.57. The molecule has 2 aromatic rings. The summed E-state index contributed by atoms with van der Waals surface area (Å²) in [4.78, 5) is 0. The third-order valence-electron chi connectivity index (χ3n) is 3.50. The topological polar surface area (TPSA) is 40.5 Å². The fraction of sp³-hybridized carbons (Fsp3) is 0.200. The lowest BCUT2D eigenvalue weighted by Gasteiger charge is -2.12. The van der Waals surface area contributed by atoms with E-state index in [9.17, 15) is 10.2 Å². The van der Waals surface area contributed by atoms with Gasteiger partial charge in [0.15, 0.2) is 0 Å². The number of phenols is 2. The standard InChI is InChI=1S/C15H14O2/c16-12-5-1-10(2-6-12)14-8-4-11-3-7-13(17)9-15(11)14/h1-3,5-7,9,14,16-17H,4,8H2. The highest BCUT2D eigenvalue weighted by Crippen LogP contribution is 2.39. The number of aromatic hydroxyl groups is 2. The molecule has 1 aliphatic rings. The van der Waals surface area contributed by atoms with Gasteiger partial charge in [-0.25, -0.2) is 0 Å². The molecule has 2 nitrogen and oxygen atoms in total. The van der Waals surface area contributed by atoms with Crippen LogP contribution in [0.25, 0.3) is 0 Å². The summed E-state index contributed by atoms with van der Waals surface area (Å²) < 4.78 is 0. The Labute approximate surface area is 100 Å². The molecule has 1 unspecified atom stereocenters. The van der Waals surface area contributed by atoms with E-state index in [-0.39, 0.29) is 0 Å². The van der Waals surface area contributed by atoms with Gasteiger partial charge >= 0.3 is 0 Å². The minimum Gasteiger partial charge on any atom is -0.508 e. The van der Waals surface area contributed by atoms with E-state index in [0.29, 0.717) is 17.4 Å². The molecule has 2 aromatic carbocycles. The quantitative estimate of drug-likeness (QED) is 0.784. The molecule has 0 aromatic heterocycles. The largest absolute Gasteiger partial charge is 0.508 e. The third-order valence-corrected chi connectivity index (χ3v) is 3.50. The van der Waals surface area contributed by atoms with E-state index >= 15 is 0 Å². The molecule has 2 heteroatoms. The highest BCUT2D eigenvalue weighted by atomic mass is 16.3. The van der Waals surface area contributed by atoms with Crippen LogP contribution in [0.15, 0.2) is 42.5 Å². The van der Waals surface area contributed by atoms with Crippen LogP contribution in [0.5, 0.6) is 11.5 Å². The second-order valence-corrected chi connectivity index (χ2v) is 4.57. The van der Waals surface area contributed by atoms with Crippen LogP contribution in [0, 0.1) is 0 Å². The Balaban J connectivity index is 2.03. The molecule has 17 heavy (non-hydrogen) atoms. The van der Waals surface area contributed by atoms with Gasteiger partial charge in [-0.2, -0.15) is 0 Å². The molecule has 0 aliphatic heterocycles. The molecule has 86 valence electrons. The van der Waals surface area contributed by atoms with Crippen molar-refractivity contribution >= 4 is 0 Å². The summed E-state index contributed by atoms with van der Waals surface area (Å²) in [5.74, 6) is 0.968. The van der Waals surface area contributed by atoms with Crippen LogP contribution >= 0.6 is 0 Å². The van der Waals surface area contributed by atoms with Gasteiger partial charge in [-0.3, -0.25) is 0 Å². The number of benzene rings is 2. The van der Waals surface area contributed by atoms with Gasteiger partial charge in [0.1, 0.15) is 11.5 Å². The molecule has 0 bridgehead atoms. The molecule has 0 amide bonds. The number of aryl methyl sites for hydroxylation is 1. The molecule has 0 saturated heterocycles. The molecule has 3 rings (SSSR count). The first kappa shape index (κ1) is 10.2. The fourth-order valence-corrected chi connectivity index (χ4v) is 2.64. The molecule has 0 radical (unpaired) electrons. The molecular weight excluding hydrogens is 212 g/mol. The van der Waals surface area contributed by atoms with E-state index in [2.05, 4.69) is 0 Å². The summed E-state index contributed by atoms with van der Waals surface area (Å²) >= 11 is 0. The van der Waals surface area contributed by atoms with Gasteiger partial charge in [-0.15, -0.1) is 0 Å². The lowest BCUT2D eigenvalue weighted by Crippen LogP contribution is -1.95. The van der Waals surface area contributed by atoms with Crippen molar-refractivity contribution in [3.63, 3.8) is 0 Å². The lowest BCUT2D eigenvalue weighted by molar-refractivity contribution is 0.473. The van der Waals surface area contributed by atoms with Crippen molar-refractivity contribution in [1.29, 1.82) is 0 Å². The summed E-state index contributed by atoms with van der Waals surface area (Å²) in [5.41, 5.74) is 3.74. The van der Waals surface area contributed by atoms with Crippen LogP contribution in [0.4, 0.5) is 0 Å². The predicted octanol–water partition coefficient (Wildman–Crippen LogP) is 3.18. The Morgan fingerprint density at radius 1 is 0.882 bits per heavy atom. The Kier molecular flexibility index (Phi) is 2.29. The smallest absolute Gasteiger partial charge is 0.115 e. The van der Waals surface area contributed by atoms with Crippen molar-refractivity contribution in [2.45, 2.75) is 18.8 Å². The first-order chi connectivity index (χ1) is 8.24. The maximum Gasteiger partial charge on any atom is 0.115 e. The minimum atomic E-state index is 0.294. The maximum absolute atomic E-state index is 9.57. The van der Waals surface area contributed by atoms with Crippen LogP contribution in [0.3, 0.4) is 0 Å². The summed E-state index contributed by atoms with van der Waals surface area (Å²) in [5, 5.41) is 18.9. The summed E-state index contributed by atoms with van der Waals surface area (Å²) in [6, 6.07) is 13.0. The fourth-order valence-electron chi connectivity index (χ4n) is 2.64. The average molecular weight is 226 g/mol. The molecule has 0 heterocycles. The SMILES string of the molecule is Oc1ccc(C2CCc3ccc(O)cc32)cc1. The highest BCUT2D eigenvalue weighted by molar-refractivity contribution is 5.46. The van der Waals surface area contributed by atoms with E-state index in [1.54, 1.807) is 18.2 Å². The van der Waals surface area contributed by atoms with Gasteiger partial charge in [-0.1, -0.05) is 18.2 Å². The van der Waals surface area contributed by atoms with Gasteiger partial charge in [0.2, 0.25) is 0 Å². The molecule has 0 saturated carbocycles. The number of rotatable bonds is 1. The Morgan fingerprint density at radius 2 is 1.59 bits per heavy atom. The third kappa shape index (κ3) is 1.76. The number of fused-ring (bicyclic) bond motifs is 1. The molecule has 0 spiro atoms. The second kappa shape index (κ2) is 3.81. The predicted molar refractivity (Wildman–Crippen MR) is 66.4 cm³/mol. The average Bonchev–Trinajstić information content (AvgIpc) is 2.73. The van der Waals surface area contributed by atoms with Crippen LogP contribution < -0.4 is 0 Å². The lowest BCUT2D eigenvalue weighted by atomic mass is 9.93. The molecular formula is C15H14O2. The van der Waals surface area contributed by atoms with Crippen LogP contribution in [-0.2, 0) is 6.42 Å². The van der Waals surface area contributed by atoms with Gasteiger partial charge in [0.25, 0.3) is 0 Å². The van der Waals surface area contributed by atoms with Crippen molar-refractivity contribution in [2.24, 2.45) is 0 Å². The Morgan fingerprint density at radius 3 is 2.35 bits per heavy atom. The Bertz CT molecular complexity index is 543. The van der Waals surface area contributed by atoms with Gasteiger partial charge in [0.05, 0.1) is 0 Å².